The summed E-state index contributed by atoms with van der Waals surface area (Å²) in [6.07, 6.45) is 3.69. The SMILES string of the molecule is COc1ccc(Cl)cc1NCCn1cccn1. The molecule has 0 atom stereocenters. The quantitative estimate of drug-likeness (QED) is 0.888. The average molecular weight is 252 g/mol. The molecule has 1 heterocycles. The number of aromatic nitrogens is 2. The van der Waals surface area contributed by atoms with Crippen molar-refractivity contribution in [1.29, 1.82) is 0 Å². The maximum atomic E-state index is 5.94. The summed E-state index contributed by atoms with van der Waals surface area (Å²) < 4.78 is 7.11. The lowest BCUT2D eigenvalue weighted by molar-refractivity contribution is 0.416. The third-order valence-corrected chi connectivity index (χ3v) is 2.61. The molecular formula is C12H14ClN3O. The Balaban J connectivity index is 1.96. The number of rotatable bonds is 5. The van der Waals surface area contributed by atoms with Crippen molar-refractivity contribution >= 4 is 17.3 Å². The van der Waals surface area contributed by atoms with Crippen molar-refractivity contribution in [3.8, 4) is 5.75 Å². The minimum atomic E-state index is 0.687. The van der Waals surface area contributed by atoms with Gasteiger partial charge in [0.2, 0.25) is 0 Å². The lowest BCUT2D eigenvalue weighted by atomic mass is 10.3. The van der Waals surface area contributed by atoms with E-state index < -0.39 is 0 Å². The molecule has 0 unspecified atom stereocenters. The van der Waals surface area contributed by atoms with Crippen molar-refractivity contribution < 1.29 is 4.74 Å². The Bertz CT molecular complexity index is 471. The first-order chi connectivity index (χ1) is 8.29. The van der Waals surface area contributed by atoms with Crippen LogP contribution in [0, 0.1) is 0 Å². The molecule has 5 heteroatoms. The van der Waals surface area contributed by atoms with Crippen LogP contribution in [0.25, 0.3) is 0 Å². The van der Waals surface area contributed by atoms with Gasteiger partial charge >= 0.3 is 0 Å². The molecule has 17 heavy (non-hydrogen) atoms. The molecule has 0 aliphatic carbocycles. The predicted molar refractivity (Wildman–Crippen MR) is 68.7 cm³/mol. The fourth-order valence-corrected chi connectivity index (χ4v) is 1.73. The molecule has 2 aromatic rings. The van der Waals surface area contributed by atoms with Crippen LogP contribution >= 0.6 is 11.6 Å². The van der Waals surface area contributed by atoms with Gasteiger partial charge < -0.3 is 10.1 Å². The monoisotopic (exact) mass is 251 g/mol. The van der Waals surface area contributed by atoms with Gasteiger partial charge in [0.05, 0.1) is 19.3 Å². The van der Waals surface area contributed by atoms with E-state index in [1.54, 1.807) is 19.4 Å². The summed E-state index contributed by atoms with van der Waals surface area (Å²) >= 11 is 5.94. The summed E-state index contributed by atoms with van der Waals surface area (Å²) in [5, 5.41) is 8.09. The number of hydrogen-bond acceptors (Lipinski definition) is 3. The van der Waals surface area contributed by atoms with Crippen LogP contribution in [0.4, 0.5) is 5.69 Å². The van der Waals surface area contributed by atoms with Gasteiger partial charge in [0, 0.05) is 24.0 Å². The number of methoxy groups -OCH3 is 1. The van der Waals surface area contributed by atoms with Crippen LogP contribution < -0.4 is 10.1 Å². The van der Waals surface area contributed by atoms with Gasteiger partial charge in [-0.15, -0.1) is 0 Å². The van der Waals surface area contributed by atoms with Crippen LogP contribution in [0.2, 0.25) is 5.02 Å². The molecule has 0 saturated carbocycles. The Morgan fingerprint density at radius 1 is 1.47 bits per heavy atom. The number of anilines is 1. The Hall–Kier alpha value is -1.68. The Morgan fingerprint density at radius 2 is 2.35 bits per heavy atom. The van der Waals surface area contributed by atoms with Crippen LogP contribution in [0.15, 0.2) is 36.7 Å². The van der Waals surface area contributed by atoms with Gasteiger partial charge in [-0.3, -0.25) is 4.68 Å². The van der Waals surface area contributed by atoms with Crippen molar-refractivity contribution in [3.63, 3.8) is 0 Å². The fourth-order valence-electron chi connectivity index (χ4n) is 1.56. The van der Waals surface area contributed by atoms with Crippen LogP contribution in [0.1, 0.15) is 0 Å². The maximum Gasteiger partial charge on any atom is 0.142 e. The normalized spacial score (nSPS) is 10.2. The van der Waals surface area contributed by atoms with E-state index in [-0.39, 0.29) is 0 Å². The van der Waals surface area contributed by atoms with E-state index >= 15 is 0 Å². The Kier molecular flexibility index (Phi) is 3.88. The van der Waals surface area contributed by atoms with E-state index in [2.05, 4.69) is 10.4 Å². The van der Waals surface area contributed by atoms with Crippen molar-refractivity contribution in [2.45, 2.75) is 6.54 Å². The molecule has 1 N–H and O–H groups in total. The molecule has 1 aromatic heterocycles. The zero-order valence-electron chi connectivity index (χ0n) is 9.56. The van der Waals surface area contributed by atoms with Crippen LogP contribution in [0.5, 0.6) is 5.75 Å². The van der Waals surface area contributed by atoms with Crippen molar-refractivity contribution in [1.82, 2.24) is 9.78 Å². The van der Waals surface area contributed by atoms with Gasteiger partial charge in [0.1, 0.15) is 5.75 Å². The Morgan fingerprint density at radius 3 is 3.06 bits per heavy atom. The topological polar surface area (TPSA) is 39.1 Å². The predicted octanol–water partition coefficient (Wildman–Crippen LogP) is 2.66. The van der Waals surface area contributed by atoms with Crippen molar-refractivity contribution in [2.75, 3.05) is 19.0 Å². The van der Waals surface area contributed by atoms with Gasteiger partial charge in [0.15, 0.2) is 0 Å². The van der Waals surface area contributed by atoms with E-state index in [1.807, 2.05) is 29.1 Å². The van der Waals surface area contributed by atoms with E-state index in [0.717, 1.165) is 24.5 Å². The molecule has 90 valence electrons. The first-order valence-corrected chi connectivity index (χ1v) is 5.72. The number of nitrogens with zero attached hydrogens (tertiary/aromatic N) is 2. The molecule has 0 spiro atoms. The van der Waals surface area contributed by atoms with Gasteiger partial charge in [-0.1, -0.05) is 11.6 Å². The van der Waals surface area contributed by atoms with Crippen molar-refractivity contribution in [3.05, 3.63) is 41.7 Å². The third kappa shape index (κ3) is 3.14. The molecule has 0 amide bonds. The van der Waals surface area contributed by atoms with Gasteiger partial charge in [0.25, 0.3) is 0 Å². The van der Waals surface area contributed by atoms with Crippen LogP contribution in [0.3, 0.4) is 0 Å². The third-order valence-electron chi connectivity index (χ3n) is 2.38. The van der Waals surface area contributed by atoms with Crippen molar-refractivity contribution in [2.24, 2.45) is 0 Å². The molecule has 1 aromatic carbocycles. The highest BCUT2D eigenvalue weighted by Gasteiger charge is 2.02. The first kappa shape index (κ1) is 11.8. The minimum absolute atomic E-state index is 0.687. The molecule has 0 bridgehead atoms. The second kappa shape index (κ2) is 5.59. The summed E-state index contributed by atoms with van der Waals surface area (Å²) in [7, 11) is 1.64. The molecule has 0 aliphatic rings. The maximum absolute atomic E-state index is 5.94. The molecular weight excluding hydrogens is 238 g/mol. The van der Waals surface area contributed by atoms with E-state index in [9.17, 15) is 0 Å². The highest BCUT2D eigenvalue weighted by atomic mass is 35.5. The smallest absolute Gasteiger partial charge is 0.142 e. The van der Waals surface area contributed by atoms with E-state index in [0.29, 0.717) is 5.02 Å². The molecule has 2 rings (SSSR count). The highest BCUT2D eigenvalue weighted by Crippen LogP contribution is 2.27. The summed E-state index contributed by atoms with van der Waals surface area (Å²) in [6, 6.07) is 7.40. The fraction of sp³-hybridized carbons (Fsp3) is 0.250. The second-order valence-electron chi connectivity index (χ2n) is 3.54. The number of nitrogens with one attached hydrogen (secondary N) is 1. The van der Waals surface area contributed by atoms with E-state index in [1.165, 1.54) is 0 Å². The van der Waals surface area contributed by atoms with Gasteiger partial charge in [-0.25, -0.2) is 0 Å². The first-order valence-electron chi connectivity index (χ1n) is 5.34. The summed E-state index contributed by atoms with van der Waals surface area (Å²) in [4.78, 5) is 0. The minimum Gasteiger partial charge on any atom is -0.495 e. The standard InChI is InChI=1S/C12H14ClN3O/c1-17-12-4-3-10(13)9-11(12)14-6-8-16-7-2-5-15-16/h2-5,7,9,14H,6,8H2,1H3. The molecule has 0 saturated heterocycles. The molecule has 4 nitrogen and oxygen atoms in total. The lowest BCUT2D eigenvalue weighted by Gasteiger charge is -2.11. The van der Waals surface area contributed by atoms with Crippen LogP contribution in [-0.4, -0.2) is 23.4 Å². The van der Waals surface area contributed by atoms with Gasteiger partial charge in [-0.05, 0) is 24.3 Å². The molecule has 0 aliphatic heterocycles. The van der Waals surface area contributed by atoms with Gasteiger partial charge in [-0.2, -0.15) is 5.10 Å². The number of hydrogen-bond donors (Lipinski definition) is 1. The lowest BCUT2D eigenvalue weighted by Crippen LogP contribution is -2.11. The average Bonchev–Trinajstić information content (AvgIpc) is 2.82. The Labute approximate surface area is 105 Å². The summed E-state index contributed by atoms with van der Waals surface area (Å²) in [6.45, 7) is 1.56. The second-order valence-corrected chi connectivity index (χ2v) is 3.98. The number of halogens is 1. The number of ether oxygens (including phenoxy) is 1. The zero-order chi connectivity index (χ0) is 12.1. The summed E-state index contributed by atoms with van der Waals surface area (Å²) in [5.74, 6) is 0.787. The zero-order valence-corrected chi connectivity index (χ0v) is 10.3. The van der Waals surface area contributed by atoms with E-state index in [4.69, 9.17) is 16.3 Å². The summed E-state index contributed by atoms with van der Waals surface area (Å²) in [5.41, 5.74) is 0.896. The molecule has 0 radical (unpaired) electrons. The highest BCUT2D eigenvalue weighted by molar-refractivity contribution is 6.30. The largest absolute Gasteiger partial charge is 0.495 e. The number of benzene rings is 1. The molecule has 0 fully saturated rings. The van der Waals surface area contributed by atoms with Crippen LogP contribution in [-0.2, 0) is 6.54 Å².